The third kappa shape index (κ3) is 10.4. The van der Waals surface area contributed by atoms with E-state index in [-0.39, 0.29) is 0 Å². The van der Waals surface area contributed by atoms with E-state index in [1.807, 2.05) is 24.3 Å². The Hall–Kier alpha value is -3.21. The van der Waals surface area contributed by atoms with E-state index in [0.29, 0.717) is 11.4 Å². The summed E-state index contributed by atoms with van der Waals surface area (Å²) >= 11 is 0. The van der Waals surface area contributed by atoms with Crippen molar-refractivity contribution in [2.45, 2.75) is 27.7 Å². The average Bonchev–Trinajstić information content (AvgIpc) is 2.76. The van der Waals surface area contributed by atoms with Crippen LogP contribution < -0.4 is 19.8 Å². The van der Waals surface area contributed by atoms with Gasteiger partial charge in [0.05, 0.1) is 0 Å². The maximum Gasteiger partial charge on any atom is 0.385 e. The van der Waals surface area contributed by atoms with Gasteiger partial charge in [0.15, 0.2) is 9.95 Å². The molecule has 0 radical (unpaired) electrons. The molecule has 0 saturated carbocycles. The Labute approximate surface area is 178 Å². The minimum atomic E-state index is -3.17. The fourth-order valence-electron chi connectivity index (χ4n) is 2.64. The van der Waals surface area contributed by atoms with Crippen LogP contribution in [-0.2, 0) is 0 Å². The third-order valence-electron chi connectivity index (χ3n) is 4.19. The van der Waals surface area contributed by atoms with E-state index in [1.165, 1.54) is 0 Å². The molecular formula is C20H28BFN6O2. The zero-order valence-electron chi connectivity index (χ0n) is 17.9. The van der Waals surface area contributed by atoms with Gasteiger partial charge in [-0.25, -0.2) is 0 Å². The van der Waals surface area contributed by atoms with E-state index in [4.69, 9.17) is 20.8 Å². The highest BCUT2D eigenvalue weighted by molar-refractivity contribution is 6.27. The maximum atomic E-state index is 9.89. The van der Waals surface area contributed by atoms with Gasteiger partial charge in [-0.05, 0) is 52.0 Å². The molecular weight excluding hydrogens is 386 g/mol. The van der Waals surface area contributed by atoms with Gasteiger partial charge in [0.2, 0.25) is 10.8 Å². The molecule has 0 fully saturated rings. The molecule has 0 aliphatic rings. The van der Waals surface area contributed by atoms with Crippen LogP contribution in [0.25, 0.3) is 9.95 Å². The molecule has 2 rings (SSSR count). The lowest BCUT2D eigenvalue weighted by atomic mass is 10.2. The Morgan fingerprint density at radius 3 is 1.10 bits per heavy atom. The monoisotopic (exact) mass is 414 g/mol. The maximum absolute atomic E-state index is 9.89. The molecule has 0 atom stereocenters. The summed E-state index contributed by atoms with van der Waals surface area (Å²) in [6.07, 6.45) is 0. The summed E-state index contributed by atoms with van der Waals surface area (Å²) in [5.74, 6) is 0. The molecule has 0 aromatic heterocycles. The van der Waals surface area contributed by atoms with Gasteiger partial charge in [0, 0.05) is 61.8 Å². The summed E-state index contributed by atoms with van der Waals surface area (Å²) in [6.45, 7) is 12.4. The molecule has 160 valence electrons. The Bertz CT molecular complexity index is 715. The Morgan fingerprint density at radius 2 is 0.933 bits per heavy atom. The molecule has 0 spiro atoms. The average molecular weight is 414 g/mol. The van der Waals surface area contributed by atoms with Crippen LogP contribution >= 0.6 is 0 Å². The van der Waals surface area contributed by atoms with Crippen LogP contribution in [0.1, 0.15) is 27.7 Å². The van der Waals surface area contributed by atoms with Gasteiger partial charge in [-0.3, -0.25) is 0 Å². The van der Waals surface area contributed by atoms with Crippen molar-refractivity contribution in [2.24, 2.45) is 0 Å². The van der Waals surface area contributed by atoms with Crippen LogP contribution in [-0.4, -0.2) is 33.6 Å². The number of diazo groups is 2. The molecule has 0 aliphatic carbocycles. The van der Waals surface area contributed by atoms with Crippen LogP contribution in [0.15, 0.2) is 48.5 Å². The quantitative estimate of drug-likeness (QED) is 0.527. The summed E-state index contributed by atoms with van der Waals surface area (Å²) in [4.78, 5) is 10.7. The first-order valence-electron chi connectivity index (χ1n) is 9.72. The summed E-state index contributed by atoms with van der Waals surface area (Å²) in [5.41, 5.74) is 3.52. The minimum absolute atomic E-state index is 0.593. The topological polar surface area (TPSA) is 109 Å². The van der Waals surface area contributed by atoms with Crippen LogP contribution in [0.3, 0.4) is 0 Å². The summed E-state index contributed by atoms with van der Waals surface area (Å²) < 4.78 is 9.89. The second kappa shape index (κ2) is 15.7. The summed E-state index contributed by atoms with van der Waals surface area (Å²) in [7, 11) is -3.17. The van der Waals surface area contributed by atoms with E-state index >= 15 is 0 Å². The zero-order valence-corrected chi connectivity index (χ0v) is 17.9. The molecule has 30 heavy (non-hydrogen) atoms. The first kappa shape index (κ1) is 26.8. The van der Waals surface area contributed by atoms with Crippen LogP contribution in [0.5, 0.6) is 0 Å². The highest BCUT2D eigenvalue weighted by Crippen LogP contribution is 2.20. The number of anilines is 2. The molecule has 0 N–H and O–H groups in total. The number of hydrogen-bond acceptors (Lipinski definition) is 6. The summed E-state index contributed by atoms with van der Waals surface area (Å²) in [6, 6.07) is 15.0. The van der Waals surface area contributed by atoms with Gasteiger partial charge in [0.25, 0.3) is 0 Å². The van der Waals surface area contributed by atoms with Gasteiger partial charge in [0.1, 0.15) is 7.40 Å². The lowest BCUT2D eigenvalue weighted by molar-refractivity contribution is -0.366. The van der Waals surface area contributed by atoms with Gasteiger partial charge < -0.3 is 24.2 Å². The van der Waals surface area contributed by atoms with Crippen molar-refractivity contribution in [1.82, 2.24) is 0 Å². The van der Waals surface area contributed by atoms with E-state index in [2.05, 4.69) is 47.4 Å². The Kier molecular flexibility index (Phi) is 14.0. The third-order valence-corrected chi connectivity index (χ3v) is 4.19. The van der Waals surface area contributed by atoms with Gasteiger partial charge in [-0.15, -0.1) is 0 Å². The molecule has 0 aliphatic heterocycles. The van der Waals surface area contributed by atoms with Crippen molar-refractivity contribution < 1.29 is 14.4 Å². The smallest absolute Gasteiger partial charge is 0.385 e. The van der Waals surface area contributed by atoms with Crippen molar-refractivity contribution in [3.63, 3.8) is 0 Å². The lowest BCUT2D eigenvalue weighted by Gasteiger charge is -2.20. The fraction of sp³-hybridized carbons (Fsp3) is 0.400. The second-order valence-corrected chi connectivity index (χ2v) is 5.85. The van der Waals surface area contributed by atoms with Crippen molar-refractivity contribution in [3.8, 4) is 0 Å². The van der Waals surface area contributed by atoms with Crippen molar-refractivity contribution in [1.29, 1.82) is 10.8 Å². The molecule has 2 aromatic carbocycles. The van der Waals surface area contributed by atoms with Crippen LogP contribution in [0.2, 0.25) is 0 Å². The Morgan fingerprint density at radius 1 is 0.700 bits per heavy atom. The van der Waals surface area contributed by atoms with Crippen molar-refractivity contribution in [3.05, 3.63) is 58.5 Å². The predicted molar refractivity (Wildman–Crippen MR) is 116 cm³/mol. The van der Waals surface area contributed by atoms with Gasteiger partial charge >= 0.3 is 11.4 Å². The van der Waals surface area contributed by atoms with E-state index in [1.54, 1.807) is 24.3 Å². The SMILES string of the molecule is CCN(CC)c1ccc([N+]#N)cc1.CCN(CC)c1ccc([N+]#N)cc1.[O-]B([O-])F. The lowest BCUT2D eigenvalue weighted by Crippen LogP contribution is -2.39. The number of halogens is 1. The first-order chi connectivity index (χ1) is 14.4. The second-order valence-electron chi connectivity index (χ2n) is 5.85. The summed E-state index contributed by atoms with van der Waals surface area (Å²) in [5, 5.41) is 33.6. The van der Waals surface area contributed by atoms with E-state index in [0.717, 1.165) is 37.6 Å². The van der Waals surface area contributed by atoms with E-state index < -0.39 is 7.40 Å². The largest absolute Gasteiger partial charge is 0.867 e. The number of benzene rings is 2. The van der Waals surface area contributed by atoms with Crippen molar-refractivity contribution in [2.75, 3.05) is 36.0 Å². The predicted octanol–water partition coefficient (Wildman–Crippen LogP) is 3.70. The van der Waals surface area contributed by atoms with Gasteiger partial charge in [-0.1, -0.05) is 0 Å². The van der Waals surface area contributed by atoms with E-state index in [9.17, 15) is 4.32 Å². The van der Waals surface area contributed by atoms with Crippen LogP contribution in [0, 0.1) is 10.8 Å². The highest BCUT2D eigenvalue weighted by atomic mass is 19.1. The van der Waals surface area contributed by atoms with Crippen molar-refractivity contribution >= 4 is 30.1 Å². The van der Waals surface area contributed by atoms with Crippen LogP contribution in [0.4, 0.5) is 27.1 Å². The molecule has 0 unspecified atom stereocenters. The first-order valence-corrected chi connectivity index (χ1v) is 9.72. The Balaban J connectivity index is 0.000000477. The minimum Gasteiger partial charge on any atom is -0.867 e. The standard InChI is InChI=1S/2C10H14N3.BFO2/c2*1-3-13(4-2)10-7-5-9(12-11)6-8-10;2-1(3)4/h2*5-8H,3-4H2,1-2H3;/q2*+1;-2. The zero-order chi connectivity index (χ0) is 22.9. The van der Waals surface area contributed by atoms with Gasteiger partial charge in [-0.2, -0.15) is 0 Å². The molecule has 0 heterocycles. The highest BCUT2D eigenvalue weighted by Gasteiger charge is 2.06. The molecule has 8 nitrogen and oxygen atoms in total. The fourth-order valence-corrected chi connectivity index (χ4v) is 2.64. The normalized spacial score (nSPS) is 8.97. The number of rotatable bonds is 6. The molecule has 0 saturated heterocycles. The number of hydrogen-bond donors (Lipinski definition) is 0. The molecule has 0 amide bonds. The molecule has 0 bridgehead atoms. The number of nitrogens with zero attached hydrogens (tertiary/aromatic N) is 6. The molecule has 10 heteroatoms. The molecule has 2 aromatic rings.